The summed E-state index contributed by atoms with van der Waals surface area (Å²) in [5.41, 5.74) is -4.95. The number of carbonyl (C=O) groups excluding carboxylic acids is 9. The first kappa shape index (κ1) is 78.7. The van der Waals surface area contributed by atoms with Crippen molar-refractivity contribution in [2.75, 3.05) is 39.1 Å². The van der Waals surface area contributed by atoms with Crippen LogP contribution in [0.1, 0.15) is 194 Å². The SMILES string of the molecule is CC(=O)O[C@@]12CO[C@@H]1C[C@H](O)[C@@]1(C)C(=O)[C@H](O)C3=C(C)[C@@H](OC(=O)[C@H](OC(=O)N(C)CCCCCCN(C)C(=O)OC4CCC(Nc5cc(-n6nc(C(F)(F)F)c7c6CC(C)(C)CC7=O)ccc5C(N)=O)CC4)[C@@H](NC(=O)OC(C)(C)C)c4ccccc4)C[C@@](O)([C@@H](OC(=O)c4ccccc4)[C@H]21)C3(C)C. The third kappa shape index (κ3) is 16.0. The number of anilines is 1. The van der Waals surface area contributed by atoms with Gasteiger partial charge in [-0.25, -0.2) is 28.7 Å². The number of amides is 4. The van der Waals surface area contributed by atoms with Gasteiger partial charge in [-0.15, -0.1) is 0 Å². The van der Waals surface area contributed by atoms with Crippen LogP contribution in [0.2, 0.25) is 0 Å². The highest BCUT2D eigenvalue weighted by atomic mass is 19.4. The molecule has 1 aliphatic heterocycles. The number of nitrogens with zero attached hydrogens (tertiary/aromatic N) is 4. The Morgan fingerprint density at radius 3 is 2.02 bits per heavy atom. The number of aliphatic hydroxyl groups is 3. The molecule has 26 nitrogen and oxygen atoms in total. The lowest BCUT2D eigenvalue weighted by molar-refractivity contribution is -0.346. The number of aliphatic hydroxyl groups excluding tert-OH is 2. The fourth-order valence-corrected chi connectivity index (χ4v) is 16.2. The van der Waals surface area contributed by atoms with Gasteiger partial charge in [0.15, 0.2) is 22.9 Å². The molecule has 4 fully saturated rings. The third-order valence-electron chi connectivity index (χ3n) is 21.8. The Labute approximate surface area is 607 Å². The number of fused-ring (bicyclic) bond motifs is 6. The molecule has 3 saturated carbocycles. The van der Waals surface area contributed by atoms with E-state index in [4.69, 9.17) is 38.9 Å². The molecule has 2 bridgehead atoms. The first-order valence-corrected chi connectivity index (χ1v) is 35.5. The molecule has 4 amide bonds. The van der Waals surface area contributed by atoms with Crippen LogP contribution in [0.15, 0.2) is 90.0 Å². The van der Waals surface area contributed by atoms with Crippen molar-refractivity contribution in [1.82, 2.24) is 24.9 Å². The summed E-state index contributed by atoms with van der Waals surface area (Å²) in [6, 6.07) is 18.4. The number of nitrogens with two attached hydrogens (primary N) is 1. The summed E-state index contributed by atoms with van der Waals surface area (Å²) in [5.74, 6) is -7.10. The predicted molar refractivity (Wildman–Crippen MR) is 371 cm³/mol. The zero-order chi connectivity index (χ0) is 76.8. The Morgan fingerprint density at radius 2 is 1.44 bits per heavy atom. The minimum Gasteiger partial charge on any atom is -0.455 e. The van der Waals surface area contributed by atoms with E-state index in [9.17, 15) is 62.1 Å². The summed E-state index contributed by atoms with van der Waals surface area (Å²) >= 11 is 0. The molecular formula is C76H96F3N7O19. The van der Waals surface area contributed by atoms with E-state index in [1.807, 2.05) is 0 Å². The van der Waals surface area contributed by atoms with Gasteiger partial charge in [-0.3, -0.25) is 19.2 Å². The van der Waals surface area contributed by atoms with E-state index in [-0.39, 0.29) is 83.4 Å². The number of hydrogen-bond donors (Lipinski definition) is 6. The second-order valence-electron chi connectivity index (χ2n) is 31.3. The number of ether oxygens (including phenoxy) is 7. The summed E-state index contributed by atoms with van der Waals surface area (Å²) in [6.45, 7) is 15.5. The summed E-state index contributed by atoms with van der Waals surface area (Å²) in [5, 5.41) is 48.6. The third-order valence-corrected chi connectivity index (χ3v) is 21.8. The first-order chi connectivity index (χ1) is 49.1. The van der Waals surface area contributed by atoms with Crippen LogP contribution in [-0.2, 0) is 60.1 Å². The molecule has 0 spiro atoms. The van der Waals surface area contributed by atoms with Crippen LogP contribution in [0.3, 0.4) is 0 Å². The number of rotatable bonds is 21. The second kappa shape index (κ2) is 30.1. The van der Waals surface area contributed by atoms with Crippen LogP contribution in [-0.4, -0.2) is 188 Å². The Morgan fingerprint density at radius 1 is 0.819 bits per heavy atom. The molecule has 7 N–H and O–H groups in total. The smallest absolute Gasteiger partial charge is 0.435 e. The van der Waals surface area contributed by atoms with Crippen molar-refractivity contribution < 1.29 is 105 Å². The number of Topliss-reactive ketones (excluding diaryl/α,β-unsaturated/α-hetero) is 2. The molecule has 0 unspecified atom stereocenters. The van der Waals surface area contributed by atoms with Crippen molar-refractivity contribution in [3.63, 3.8) is 0 Å². The number of ketones is 2. The number of halogens is 3. The molecule has 5 aliphatic carbocycles. The van der Waals surface area contributed by atoms with Crippen LogP contribution >= 0.6 is 0 Å². The van der Waals surface area contributed by atoms with Gasteiger partial charge in [0, 0.05) is 70.5 Å². The Hall–Kier alpha value is -8.93. The fraction of sp³-hybridized carbons (Fsp3) is 0.579. The van der Waals surface area contributed by atoms with E-state index in [1.54, 1.807) is 90.2 Å². The summed E-state index contributed by atoms with van der Waals surface area (Å²) < 4.78 is 86.5. The van der Waals surface area contributed by atoms with Crippen LogP contribution < -0.4 is 16.4 Å². The maximum atomic E-state index is 15.5. The van der Waals surface area contributed by atoms with Gasteiger partial charge in [-0.05, 0) is 132 Å². The van der Waals surface area contributed by atoms with E-state index in [1.165, 1.54) is 74.9 Å². The number of alkyl halides is 3. The number of primary amides is 1. The van der Waals surface area contributed by atoms with E-state index in [2.05, 4.69) is 15.7 Å². The van der Waals surface area contributed by atoms with Gasteiger partial charge in [-0.2, -0.15) is 18.3 Å². The molecule has 6 aliphatic rings. The lowest BCUT2D eigenvalue weighted by Gasteiger charge is -2.67. The van der Waals surface area contributed by atoms with Crippen LogP contribution in [0.5, 0.6) is 0 Å². The summed E-state index contributed by atoms with van der Waals surface area (Å²) in [7, 11) is 3.05. The minimum absolute atomic E-state index is 0.0240. The van der Waals surface area contributed by atoms with Gasteiger partial charge in [0.2, 0.25) is 6.10 Å². The van der Waals surface area contributed by atoms with Crippen molar-refractivity contribution in [3.8, 4) is 5.69 Å². The highest BCUT2D eigenvalue weighted by Gasteiger charge is 2.78. The highest BCUT2D eigenvalue weighted by molar-refractivity contribution is 6.01. The molecule has 3 aromatic carbocycles. The molecule has 4 aromatic rings. The normalized spacial score (nSPS) is 27.3. The number of unbranched alkanes of at least 4 members (excludes halogenated alkanes) is 3. The van der Waals surface area contributed by atoms with Crippen molar-refractivity contribution in [3.05, 3.63) is 124 Å². The monoisotopic (exact) mass is 1470 g/mol. The lowest BCUT2D eigenvalue weighted by Crippen LogP contribution is -2.81. The summed E-state index contributed by atoms with van der Waals surface area (Å²) in [4.78, 5) is 129. The van der Waals surface area contributed by atoms with Crippen LogP contribution in [0.4, 0.5) is 33.2 Å². The maximum Gasteiger partial charge on any atom is 0.435 e. The number of benzene rings is 3. The van der Waals surface area contributed by atoms with Gasteiger partial charge in [0.1, 0.15) is 47.8 Å². The minimum atomic E-state index is -4.89. The van der Waals surface area contributed by atoms with E-state index in [0.29, 0.717) is 57.9 Å². The van der Waals surface area contributed by atoms with Crippen LogP contribution in [0.25, 0.3) is 5.69 Å². The number of esters is 3. The number of carbonyl (C=O) groups is 9. The molecule has 10 rings (SSSR count). The Balaban J connectivity index is 0.801. The zero-order valence-corrected chi connectivity index (χ0v) is 61.3. The van der Waals surface area contributed by atoms with Gasteiger partial charge in [-0.1, -0.05) is 89.1 Å². The number of hydrogen-bond acceptors (Lipinski definition) is 21. The molecule has 2 heterocycles. The highest BCUT2D eigenvalue weighted by Crippen LogP contribution is 2.64. The van der Waals surface area contributed by atoms with Gasteiger partial charge < -0.3 is 74.6 Å². The second-order valence-corrected chi connectivity index (χ2v) is 31.3. The number of aromatic nitrogens is 2. The van der Waals surface area contributed by atoms with Gasteiger partial charge >= 0.3 is 42.4 Å². The number of nitrogens with one attached hydrogen (secondary N) is 2. The maximum absolute atomic E-state index is 15.5. The summed E-state index contributed by atoms with van der Waals surface area (Å²) in [6.07, 6.45) is -15.1. The van der Waals surface area contributed by atoms with E-state index < -0.39 is 165 Å². The number of alkyl carbamates (subject to hydrolysis) is 1. The molecule has 29 heteroatoms. The molecule has 1 aromatic heterocycles. The Kier molecular flexibility index (Phi) is 22.6. The first-order valence-electron chi connectivity index (χ1n) is 35.5. The average Bonchev–Trinajstić information content (AvgIpc) is 1.10. The molecule has 11 atom stereocenters. The lowest BCUT2D eigenvalue weighted by atomic mass is 9.44. The quantitative estimate of drug-likeness (QED) is 0.0195. The van der Waals surface area contributed by atoms with Crippen molar-refractivity contribution in [1.29, 1.82) is 0 Å². The van der Waals surface area contributed by atoms with Gasteiger partial charge in [0.25, 0.3) is 5.91 Å². The standard InChI is InChI=1S/C76H96F3N7O19/c1-41-52(39-75(98)63(103-65(93)44-25-19-16-20-26-44)60-73(10,62(91)58(90)56(41)72(75,8)9)53(89)36-54-74(60,40-99-54)104-42(2)87)101-66(94)59(57(43-23-17-15-18-24-43)82-67(95)105-70(3,4)5)102-69(97)85(12)34-22-14-13-21-33-84(11)68(96)100-47-30-27-45(28-31-47)81-49-35-46(29-32-48(49)64(80)92)86-50-37-71(6,7)38-51(88)55(50)61(83-86)76(77,78)79/h15-20,23-26,29,32,35,45,47,52-54,57-60,63,81,89-90,98H,13-14,21-22,27-28,30-31,33-34,36-40H2,1-12H3,(H2,80,92)(H,82,95)/t45?,47?,52-,53-,54+,57-,58+,59+,60-,63-,73+,74-,75+/m0/s1. The van der Waals surface area contributed by atoms with Crippen molar-refractivity contribution in [2.24, 2.45) is 27.9 Å². The van der Waals surface area contributed by atoms with Crippen molar-refractivity contribution >= 4 is 59.3 Å². The predicted octanol–water partition coefficient (Wildman–Crippen LogP) is 9.85. The van der Waals surface area contributed by atoms with Gasteiger partial charge in [0.05, 0.1) is 52.1 Å². The average molecular weight is 1470 g/mol. The Bertz CT molecular complexity index is 4020. The fourth-order valence-electron chi connectivity index (χ4n) is 16.2. The van der Waals surface area contributed by atoms with Crippen LogP contribution in [0, 0.1) is 22.2 Å². The zero-order valence-electron chi connectivity index (χ0n) is 61.3. The molecule has 0 radical (unpaired) electrons. The molecule has 1 saturated heterocycles. The molecular weight excluding hydrogens is 1370 g/mol. The molecule has 105 heavy (non-hydrogen) atoms. The topological polar surface area (TPSA) is 353 Å². The van der Waals surface area contributed by atoms with E-state index >= 15 is 9.59 Å². The largest absolute Gasteiger partial charge is 0.455 e. The van der Waals surface area contributed by atoms with E-state index in [0.717, 1.165) is 11.6 Å². The molecule has 570 valence electrons. The van der Waals surface area contributed by atoms with Crippen molar-refractivity contribution in [2.45, 2.75) is 224 Å².